The molecule has 0 spiro atoms. The fourth-order valence-corrected chi connectivity index (χ4v) is 3.71. The minimum atomic E-state index is -3.51. The molecule has 0 bridgehead atoms. The normalized spacial score (nSPS) is 22.6. The quantitative estimate of drug-likeness (QED) is 0.811. The van der Waals surface area contributed by atoms with E-state index in [4.69, 9.17) is 10.5 Å². The van der Waals surface area contributed by atoms with Crippen LogP contribution >= 0.6 is 0 Å². The lowest BCUT2D eigenvalue weighted by Gasteiger charge is -2.35. The predicted octanol–water partition coefficient (Wildman–Crippen LogP) is 1.73. The Labute approximate surface area is 120 Å². The zero-order chi connectivity index (χ0) is 14.9. The van der Waals surface area contributed by atoms with Crippen LogP contribution in [0.1, 0.15) is 30.9 Å². The summed E-state index contributed by atoms with van der Waals surface area (Å²) >= 11 is 0. The second kappa shape index (κ2) is 5.71. The smallest absolute Gasteiger partial charge is 0.240 e. The van der Waals surface area contributed by atoms with Gasteiger partial charge in [-0.05, 0) is 56.9 Å². The van der Waals surface area contributed by atoms with Crippen LogP contribution in [0.15, 0.2) is 17.0 Å². The summed E-state index contributed by atoms with van der Waals surface area (Å²) in [6, 6.07) is 3.13. The molecule has 0 saturated heterocycles. The van der Waals surface area contributed by atoms with Gasteiger partial charge < -0.3 is 10.5 Å². The Bertz CT molecular complexity index is 569. The van der Waals surface area contributed by atoms with Gasteiger partial charge in [-0.2, -0.15) is 0 Å². The highest BCUT2D eigenvalue weighted by Gasteiger charge is 2.33. The summed E-state index contributed by atoms with van der Waals surface area (Å²) in [5.41, 5.74) is 8.15. The molecule has 0 aliphatic heterocycles. The molecule has 20 heavy (non-hydrogen) atoms. The number of nitrogens with one attached hydrogen (secondary N) is 1. The monoisotopic (exact) mass is 298 g/mol. The summed E-state index contributed by atoms with van der Waals surface area (Å²) in [7, 11) is -3.51. The molecule has 1 aliphatic rings. The molecule has 6 heteroatoms. The molecule has 5 nitrogen and oxygen atoms in total. The first-order valence-corrected chi connectivity index (χ1v) is 8.32. The van der Waals surface area contributed by atoms with Crippen LogP contribution < -0.4 is 10.5 Å². The van der Waals surface area contributed by atoms with E-state index in [0.29, 0.717) is 12.3 Å². The Hall–Kier alpha value is -1.11. The number of nitrogen functional groups attached to an aromatic ring is 1. The number of aryl methyl sites for hydroxylation is 1. The molecule has 2 rings (SSSR count). The Morgan fingerprint density at radius 1 is 1.35 bits per heavy atom. The Morgan fingerprint density at radius 2 is 2.00 bits per heavy atom. The van der Waals surface area contributed by atoms with Crippen LogP contribution in [0.5, 0.6) is 0 Å². The maximum atomic E-state index is 12.3. The topological polar surface area (TPSA) is 81.4 Å². The van der Waals surface area contributed by atoms with E-state index >= 15 is 0 Å². The average Bonchev–Trinajstić information content (AvgIpc) is 2.32. The van der Waals surface area contributed by atoms with Crippen LogP contribution in [-0.2, 0) is 14.8 Å². The second-order valence-electron chi connectivity index (χ2n) is 5.32. The van der Waals surface area contributed by atoms with Crippen LogP contribution in [0.25, 0.3) is 0 Å². The SMILES string of the molecule is CCOC1CC(NS(=O)(=O)c2cc(C)c(C)c(N)c2)C1. The van der Waals surface area contributed by atoms with E-state index in [-0.39, 0.29) is 17.0 Å². The Kier molecular flexibility index (Phi) is 4.36. The van der Waals surface area contributed by atoms with Crippen molar-refractivity contribution in [1.82, 2.24) is 4.72 Å². The summed E-state index contributed by atoms with van der Waals surface area (Å²) < 4.78 is 32.8. The van der Waals surface area contributed by atoms with Crippen molar-refractivity contribution >= 4 is 15.7 Å². The molecule has 1 aromatic rings. The van der Waals surface area contributed by atoms with Crippen LogP contribution in [-0.4, -0.2) is 27.2 Å². The molecule has 1 fully saturated rings. The van der Waals surface area contributed by atoms with Crippen molar-refractivity contribution in [2.75, 3.05) is 12.3 Å². The first-order chi connectivity index (χ1) is 9.33. The maximum Gasteiger partial charge on any atom is 0.240 e. The van der Waals surface area contributed by atoms with Gasteiger partial charge in [0.1, 0.15) is 0 Å². The molecule has 0 atom stereocenters. The molecule has 3 N–H and O–H groups in total. The van der Waals surface area contributed by atoms with Crippen molar-refractivity contribution in [3.8, 4) is 0 Å². The molecule has 0 radical (unpaired) electrons. The van der Waals surface area contributed by atoms with Gasteiger partial charge in [0.15, 0.2) is 0 Å². The van der Waals surface area contributed by atoms with Gasteiger partial charge in [-0.25, -0.2) is 13.1 Å². The van der Waals surface area contributed by atoms with Gasteiger partial charge in [-0.3, -0.25) is 0 Å². The van der Waals surface area contributed by atoms with Gasteiger partial charge >= 0.3 is 0 Å². The summed E-state index contributed by atoms with van der Waals surface area (Å²) in [4.78, 5) is 0.234. The van der Waals surface area contributed by atoms with Crippen molar-refractivity contribution < 1.29 is 13.2 Å². The number of hydrogen-bond acceptors (Lipinski definition) is 4. The third kappa shape index (κ3) is 3.13. The molecular formula is C14H22N2O3S. The Morgan fingerprint density at radius 3 is 2.55 bits per heavy atom. The minimum Gasteiger partial charge on any atom is -0.398 e. The first kappa shape index (κ1) is 15.3. The van der Waals surface area contributed by atoms with Gasteiger partial charge in [0.25, 0.3) is 0 Å². The van der Waals surface area contributed by atoms with E-state index in [0.717, 1.165) is 24.0 Å². The largest absolute Gasteiger partial charge is 0.398 e. The molecule has 1 aliphatic carbocycles. The minimum absolute atomic E-state index is 0.0422. The number of rotatable bonds is 5. The van der Waals surface area contributed by atoms with Gasteiger partial charge in [0.05, 0.1) is 11.0 Å². The lowest BCUT2D eigenvalue weighted by Crippen LogP contribution is -2.47. The van der Waals surface area contributed by atoms with Crippen LogP contribution in [0.2, 0.25) is 0 Å². The zero-order valence-corrected chi connectivity index (χ0v) is 13.0. The second-order valence-corrected chi connectivity index (χ2v) is 7.04. The predicted molar refractivity (Wildman–Crippen MR) is 79.1 cm³/mol. The van der Waals surface area contributed by atoms with E-state index in [1.807, 2.05) is 20.8 Å². The van der Waals surface area contributed by atoms with Crippen molar-refractivity contribution in [3.63, 3.8) is 0 Å². The van der Waals surface area contributed by atoms with E-state index < -0.39 is 10.0 Å². The standard InChI is InChI=1S/C14H22N2O3S/c1-4-19-12-6-11(7-12)16-20(17,18)13-5-9(2)10(3)14(15)8-13/h5,8,11-12,16H,4,6-7,15H2,1-3H3. The first-order valence-electron chi connectivity index (χ1n) is 6.84. The molecule has 0 amide bonds. The fraction of sp³-hybridized carbons (Fsp3) is 0.571. The fourth-order valence-electron chi connectivity index (χ4n) is 2.33. The highest BCUT2D eigenvalue weighted by molar-refractivity contribution is 7.89. The maximum absolute atomic E-state index is 12.3. The molecule has 0 heterocycles. The number of hydrogen-bond donors (Lipinski definition) is 2. The lowest BCUT2D eigenvalue weighted by atomic mass is 9.90. The van der Waals surface area contributed by atoms with Crippen LogP contribution in [0.3, 0.4) is 0 Å². The Balaban J connectivity index is 2.08. The van der Waals surface area contributed by atoms with Crippen molar-refractivity contribution in [1.29, 1.82) is 0 Å². The number of nitrogens with two attached hydrogens (primary N) is 1. The van der Waals surface area contributed by atoms with Gasteiger partial charge in [0.2, 0.25) is 10.0 Å². The van der Waals surface area contributed by atoms with Crippen LogP contribution in [0, 0.1) is 13.8 Å². The lowest BCUT2D eigenvalue weighted by molar-refractivity contribution is -0.00475. The van der Waals surface area contributed by atoms with E-state index in [1.54, 1.807) is 6.07 Å². The van der Waals surface area contributed by atoms with Crippen LogP contribution in [0.4, 0.5) is 5.69 Å². The molecule has 112 valence electrons. The number of benzene rings is 1. The van der Waals surface area contributed by atoms with Gasteiger partial charge in [0, 0.05) is 18.3 Å². The highest BCUT2D eigenvalue weighted by atomic mass is 32.2. The average molecular weight is 298 g/mol. The zero-order valence-electron chi connectivity index (χ0n) is 12.1. The van der Waals surface area contributed by atoms with Crippen molar-refractivity contribution in [3.05, 3.63) is 23.3 Å². The van der Waals surface area contributed by atoms with Crippen molar-refractivity contribution in [2.24, 2.45) is 0 Å². The third-order valence-corrected chi connectivity index (χ3v) is 5.31. The van der Waals surface area contributed by atoms with E-state index in [1.165, 1.54) is 6.07 Å². The molecule has 0 unspecified atom stereocenters. The summed E-state index contributed by atoms with van der Waals surface area (Å²) in [5.74, 6) is 0. The molecule has 1 saturated carbocycles. The number of sulfonamides is 1. The highest BCUT2D eigenvalue weighted by Crippen LogP contribution is 2.26. The number of anilines is 1. The van der Waals surface area contributed by atoms with Gasteiger partial charge in [-0.15, -0.1) is 0 Å². The molecule has 1 aromatic carbocycles. The van der Waals surface area contributed by atoms with Gasteiger partial charge in [-0.1, -0.05) is 0 Å². The van der Waals surface area contributed by atoms with E-state index in [2.05, 4.69) is 4.72 Å². The molecular weight excluding hydrogens is 276 g/mol. The van der Waals surface area contributed by atoms with E-state index in [9.17, 15) is 8.42 Å². The summed E-state index contributed by atoms with van der Waals surface area (Å²) in [6.45, 7) is 6.35. The summed E-state index contributed by atoms with van der Waals surface area (Å²) in [5, 5.41) is 0. The van der Waals surface area contributed by atoms with Crippen molar-refractivity contribution in [2.45, 2.75) is 50.7 Å². The summed E-state index contributed by atoms with van der Waals surface area (Å²) in [6.07, 6.45) is 1.64. The third-order valence-electron chi connectivity index (χ3n) is 3.81. The molecule has 0 aromatic heterocycles. The number of ether oxygens (including phenoxy) is 1.